The van der Waals surface area contributed by atoms with Crippen LogP contribution in [0.5, 0.6) is 17.2 Å². The van der Waals surface area contributed by atoms with Crippen molar-refractivity contribution in [2.24, 2.45) is 0 Å². The first-order valence-corrected chi connectivity index (χ1v) is 11.0. The quantitative estimate of drug-likeness (QED) is 0.742. The molecule has 2 aromatic rings. The van der Waals surface area contributed by atoms with Crippen molar-refractivity contribution in [3.63, 3.8) is 0 Å². The Balaban J connectivity index is 1.90. The summed E-state index contributed by atoms with van der Waals surface area (Å²) in [5.74, 6) is 0.842. The zero-order chi connectivity index (χ0) is 21.2. The van der Waals surface area contributed by atoms with Gasteiger partial charge in [0.25, 0.3) is 0 Å². The molecule has 0 aromatic heterocycles. The third-order valence-corrected chi connectivity index (χ3v) is 5.74. The van der Waals surface area contributed by atoms with Crippen LogP contribution in [-0.2, 0) is 14.8 Å². The number of rotatable bonds is 6. The zero-order valence-corrected chi connectivity index (χ0v) is 17.7. The Morgan fingerprint density at radius 2 is 1.86 bits per heavy atom. The topological polar surface area (TPSA) is 94.2 Å². The van der Waals surface area contributed by atoms with Crippen LogP contribution in [0.15, 0.2) is 36.4 Å². The third kappa shape index (κ3) is 4.68. The molecule has 0 radical (unpaired) electrons. The van der Waals surface area contributed by atoms with E-state index >= 15 is 0 Å². The molecule has 3 rings (SSSR count). The van der Waals surface area contributed by atoms with Crippen molar-refractivity contribution < 1.29 is 27.4 Å². The van der Waals surface area contributed by atoms with Gasteiger partial charge in [0.05, 0.1) is 19.1 Å². The molecule has 10 heteroatoms. The van der Waals surface area contributed by atoms with Crippen molar-refractivity contribution in [2.45, 2.75) is 13.0 Å². The van der Waals surface area contributed by atoms with Crippen molar-refractivity contribution >= 4 is 38.9 Å². The van der Waals surface area contributed by atoms with Crippen LogP contribution in [-0.4, -0.2) is 46.9 Å². The summed E-state index contributed by atoms with van der Waals surface area (Å²) in [6, 6.07) is 8.45. The monoisotopic (exact) mass is 440 g/mol. The van der Waals surface area contributed by atoms with Gasteiger partial charge < -0.3 is 19.5 Å². The molecular formula is C19H21ClN2O6S. The highest BCUT2D eigenvalue weighted by atomic mass is 35.5. The second-order valence-corrected chi connectivity index (χ2v) is 8.69. The molecule has 1 heterocycles. The van der Waals surface area contributed by atoms with E-state index in [1.54, 1.807) is 30.3 Å². The Labute approximate surface area is 174 Å². The number of carbonyl (C=O) groups excluding carboxylic acids is 1. The van der Waals surface area contributed by atoms with Crippen molar-refractivity contribution in [3.8, 4) is 17.2 Å². The first-order valence-electron chi connectivity index (χ1n) is 8.74. The molecule has 1 aliphatic rings. The molecular weight excluding hydrogens is 420 g/mol. The normalized spacial score (nSPS) is 14.1. The van der Waals surface area contributed by atoms with E-state index in [1.165, 1.54) is 20.1 Å². The van der Waals surface area contributed by atoms with E-state index in [2.05, 4.69) is 5.32 Å². The fourth-order valence-electron chi connectivity index (χ4n) is 2.98. The van der Waals surface area contributed by atoms with Crippen LogP contribution in [0, 0.1) is 0 Å². The molecule has 0 aliphatic carbocycles. The Bertz CT molecular complexity index is 1030. The van der Waals surface area contributed by atoms with Crippen LogP contribution in [0.3, 0.4) is 0 Å². The number of ether oxygens (including phenoxy) is 3. The van der Waals surface area contributed by atoms with Crippen molar-refractivity contribution in [1.29, 1.82) is 0 Å². The van der Waals surface area contributed by atoms with Crippen molar-refractivity contribution in [1.82, 2.24) is 0 Å². The Morgan fingerprint density at radius 3 is 2.52 bits per heavy atom. The van der Waals surface area contributed by atoms with Crippen LogP contribution < -0.4 is 23.8 Å². The maximum absolute atomic E-state index is 12.9. The number of nitrogens with one attached hydrogen (secondary N) is 1. The molecule has 1 unspecified atom stereocenters. The van der Waals surface area contributed by atoms with Gasteiger partial charge in [-0.1, -0.05) is 11.6 Å². The SMILES string of the molecule is COc1ccc(Cl)cc1N(C(C)C(=O)Nc1ccc2c(c1)OCCO2)S(C)(=O)=O. The van der Waals surface area contributed by atoms with E-state index in [9.17, 15) is 13.2 Å². The molecule has 1 amide bonds. The number of amides is 1. The van der Waals surface area contributed by atoms with Crippen LogP contribution in [0.2, 0.25) is 5.02 Å². The standard InChI is InChI=1S/C19H21ClN2O6S/c1-12(19(23)21-14-5-7-17-18(11-14)28-9-8-27-17)22(29(3,24)25)15-10-13(20)4-6-16(15)26-2/h4-7,10-12H,8-9H2,1-3H3,(H,21,23). The van der Waals surface area contributed by atoms with Gasteiger partial charge in [0, 0.05) is 16.8 Å². The summed E-state index contributed by atoms with van der Waals surface area (Å²) in [4.78, 5) is 12.9. The third-order valence-electron chi connectivity index (χ3n) is 4.28. The van der Waals surface area contributed by atoms with Gasteiger partial charge in [-0.2, -0.15) is 0 Å². The van der Waals surface area contributed by atoms with Gasteiger partial charge >= 0.3 is 0 Å². The number of hydrogen-bond donors (Lipinski definition) is 1. The molecule has 0 bridgehead atoms. The molecule has 0 fully saturated rings. The molecule has 2 aromatic carbocycles. The molecule has 0 spiro atoms. The summed E-state index contributed by atoms with van der Waals surface area (Å²) < 4.78 is 42.2. The number of methoxy groups -OCH3 is 1. The lowest BCUT2D eigenvalue weighted by Crippen LogP contribution is -2.45. The smallest absolute Gasteiger partial charge is 0.247 e. The average molecular weight is 441 g/mol. The van der Waals surface area contributed by atoms with E-state index < -0.39 is 22.0 Å². The second-order valence-electron chi connectivity index (χ2n) is 6.40. The summed E-state index contributed by atoms with van der Waals surface area (Å²) in [5.41, 5.74) is 0.630. The summed E-state index contributed by atoms with van der Waals surface area (Å²) in [5, 5.41) is 3.03. The summed E-state index contributed by atoms with van der Waals surface area (Å²) in [6.45, 7) is 2.35. The lowest BCUT2D eigenvalue weighted by atomic mass is 10.2. The molecule has 1 atom stereocenters. The van der Waals surface area contributed by atoms with Gasteiger partial charge in [-0.25, -0.2) is 8.42 Å². The minimum atomic E-state index is -3.83. The van der Waals surface area contributed by atoms with Crippen LogP contribution in [0.1, 0.15) is 6.92 Å². The van der Waals surface area contributed by atoms with Gasteiger partial charge in [0.2, 0.25) is 15.9 Å². The number of benzene rings is 2. The van der Waals surface area contributed by atoms with Crippen molar-refractivity contribution in [2.75, 3.05) is 36.2 Å². The maximum Gasteiger partial charge on any atom is 0.247 e. The number of carbonyl (C=O) groups is 1. The van der Waals surface area contributed by atoms with Crippen molar-refractivity contribution in [3.05, 3.63) is 41.4 Å². The van der Waals surface area contributed by atoms with E-state index in [0.717, 1.165) is 10.6 Å². The largest absolute Gasteiger partial charge is 0.495 e. The van der Waals surface area contributed by atoms with E-state index in [1.807, 2.05) is 0 Å². The fourth-order valence-corrected chi connectivity index (χ4v) is 4.32. The van der Waals surface area contributed by atoms with Gasteiger partial charge in [-0.15, -0.1) is 0 Å². The number of fused-ring (bicyclic) bond motifs is 1. The number of anilines is 2. The fraction of sp³-hybridized carbons (Fsp3) is 0.316. The number of nitrogens with zero attached hydrogens (tertiary/aromatic N) is 1. The predicted molar refractivity (Wildman–Crippen MR) is 111 cm³/mol. The van der Waals surface area contributed by atoms with Gasteiger partial charge in [-0.05, 0) is 37.3 Å². The number of halogens is 1. The highest BCUT2D eigenvalue weighted by Crippen LogP contribution is 2.35. The zero-order valence-electron chi connectivity index (χ0n) is 16.1. The molecule has 1 aliphatic heterocycles. The lowest BCUT2D eigenvalue weighted by molar-refractivity contribution is -0.116. The minimum absolute atomic E-state index is 0.173. The lowest BCUT2D eigenvalue weighted by Gasteiger charge is -2.29. The first-order chi connectivity index (χ1) is 13.7. The molecule has 1 N–H and O–H groups in total. The molecule has 156 valence electrons. The van der Waals surface area contributed by atoms with E-state index in [4.69, 9.17) is 25.8 Å². The van der Waals surface area contributed by atoms with E-state index in [-0.39, 0.29) is 11.4 Å². The summed E-state index contributed by atoms with van der Waals surface area (Å²) in [7, 11) is -2.42. The summed E-state index contributed by atoms with van der Waals surface area (Å²) >= 11 is 6.05. The minimum Gasteiger partial charge on any atom is -0.495 e. The highest BCUT2D eigenvalue weighted by molar-refractivity contribution is 7.92. The highest BCUT2D eigenvalue weighted by Gasteiger charge is 2.31. The Hall–Kier alpha value is -2.65. The Morgan fingerprint density at radius 1 is 1.17 bits per heavy atom. The predicted octanol–water partition coefficient (Wildman–Crippen LogP) is 2.91. The first kappa shape index (κ1) is 21.1. The Kier molecular flexibility index (Phi) is 6.09. The van der Waals surface area contributed by atoms with Gasteiger partial charge in [0.15, 0.2) is 11.5 Å². The molecule has 0 saturated heterocycles. The maximum atomic E-state index is 12.9. The van der Waals surface area contributed by atoms with Crippen LogP contribution >= 0.6 is 11.6 Å². The van der Waals surface area contributed by atoms with Gasteiger partial charge in [-0.3, -0.25) is 9.10 Å². The number of hydrogen-bond acceptors (Lipinski definition) is 6. The average Bonchev–Trinajstić information content (AvgIpc) is 2.67. The second kappa shape index (κ2) is 8.38. The number of sulfonamides is 1. The van der Waals surface area contributed by atoms with E-state index in [0.29, 0.717) is 35.4 Å². The van der Waals surface area contributed by atoms with Crippen LogP contribution in [0.4, 0.5) is 11.4 Å². The summed E-state index contributed by atoms with van der Waals surface area (Å²) in [6.07, 6.45) is 1.02. The molecule has 0 saturated carbocycles. The van der Waals surface area contributed by atoms with Gasteiger partial charge in [0.1, 0.15) is 25.0 Å². The molecule has 29 heavy (non-hydrogen) atoms. The molecule has 8 nitrogen and oxygen atoms in total. The van der Waals surface area contributed by atoms with Crippen LogP contribution in [0.25, 0.3) is 0 Å².